The number of hydrogen-bond acceptors (Lipinski definition) is 2. The van der Waals surface area contributed by atoms with E-state index in [1.807, 2.05) is 0 Å². The zero-order chi connectivity index (χ0) is 11.8. The fourth-order valence-corrected chi connectivity index (χ4v) is 2.90. The van der Waals surface area contributed by atoms with Gasteiger partial charge in [-0.25, -0.2) is 4.98 Å². The third-order valence-electron chi connectivity index (χ3n) is 3.33. The maximum absolute atomic E-state index is 5.72. The van der Waals surface area contributed by atoms with Crippen LogP contribution in [0, 0.1) is 0 Å². The summed E-state index contributed by atoms with van der Waals surface area (Å²) in [5.41, 5.74) is 11.8. The Labute approximate surface area is 109 Å². The molecule has 3 nitrogen and oxygen atoms in total. The maximum Gasteiger partial charge on any atom is 0.175 e. The van der Waals surface area contributed by atoms with E-state index in [-0.39, 0.29) is 0 Å². The fraction of sp³-hybridized carbons (Fsp3) is 0.308. The molecule has 3 N–H and O–H groups in total. The van der Waals surface area contributed by atoms with Crippen molar-refractivity contribution in [1.29, 1.82) is 0 Å². The Morgan fingerprint density at radius 2 is 2.12 bits per heavy atom. The molecule has 0 bridgehead atoms. The zero-order valence-electron chi connectivity index (χ0n) is 9.46. The Balaban J connectivity index is 2.08. The van der Waals surface area contributed by atoms with Crippen LogP contribution in [0.3, 0.4) is 0 Å². The number of nitrogens with one attached hydrogen (secondary N) is 1. The zero-order valence-corrected chi connectivity index (χ0v) is 11.0. The van der Waals surface area contributed by atoms with Gasteiger partial charge in [-0.2, -0.15) is 0 Å². The minimum absolute atomic E-state index is 0.477. The van der Waals surface area contributed by atoms with E-state index in [0.717, 1.165) is 21.7 Å². The van der Waals surface area contributed by atoms with Crippen LogP contribution in [0.5, 0.6) is 0 Å². The van der Waals surface area contributed by atoms with E-state index in [4.69, 9.17) is 5.73 Å². The average Bonchev–Trinajstić information content (AvgIpc) is 2.93. The average molecular weight is 292 g/mol. The molecule has 0 radical (unpaired) electrons. The van der Waals surface area contributed by atoms with Crippen LogP contribution < -0.4 is 5.73 Å². The van der Waals surface area contributed by atoms with Gasteiger partial charge in [0.15, 0.2) is 4.73 Å². The molecule has 2 aromatic rings. The summed E-state index contributed by atoms with van der Waals surface area (Å²) in [5, 5.41) is 0. The Morgan fingerprint density at radius 1 is 1.29 bits per heavy atom. The first-order valence-electron chi connectivity index (χ1n) is 5.84. The molecule has 88 valence electrons. The lowest BCUT2D eigenvalue weighted by Gasteiger charge is -2.04. The van der Waals surface area contributed by atoms with E-state index in [9.17, 15) is 0 Å². The van der Waals surface area contributed by atoms with Gasteiger partial charge in [-0.05, 0) is 52.4 Å². The van der Waals surface area contributed by atoms with Crippen LogP contribution in [0.25, 0.3) is 11.3 Å². The van der Waals surface area contributed by atoms with E-state index in [2.05, 4.69) is 44.1 Å². The summed E-state index contributed by atoms with van der Waals surface area (Å²) in [6.07, 6.45) is 3.67. The lowest BCUT2D eigenvalue weighted by molar-refractivity contribution is 0.912. The number of imidazole rings is 1. The molecule has 0 atom stereocenters. The number of aromatic amines is 1. The largest absolute Gasteiger partial charge is 0.335 e. The number of nitrogens with zero attached hydrogens (tertiary/aromatic N) is 1. The smallest absolute Gasteiger partial charge is 0.175 e. The van der Waals surface area contributed by atoms with Crippen molar-refractivity contribution >= 4 is 15.9 Å². The summed E-state index contributed by atoms with van der Waals surface area (Å²) in [4.78, 5) is 7.60. The molecule has 0 unspecified atom stereocenters. The molecule has 1 aliphatic carbocycles. The molecule has 17 heavy (non-hydrogen) atoms. The number of fused-ring (bicyclic) bond motifs is 1. The topological polar surface area (TPSA) is 54.7 Å². The van der Waals surface area contributed by atoms with Gasteiger partial charge in [0, 0.05) is 12.1 Å². The highest BCUT2D eigenvalue weighted by molar-refractivity contribution is 9.10. The maximum atomic E-state index is 5.72. The first-order valence-corrected chi connectivity index (χ1v) is 6.64. The number of aryl methyl sites for hydroxylation is 2. The second kappa shape index (κ2) is 4.27. The van der Waals surface area contributed by atoms with Crippen LogP contribution in [0.2, 0.25) is 0 Å². The monoisotopic (exact) mass is 291 g/mol. The molecular formula is C13H14BrN3. The van der Waals surface area contributed by atoms with Gasteiger partial charge in [-0.15, -0.1) is 0 Å². The van der Waals surface area contributed by atoms with Crippen molar-refractivity contribution < 1.29 is 0 Å². The van der Waals surface area contributed by atoms with Crippen molar-refractivity contribution in [2.45, 2.75) is 25.8 Å². The van der Waals surface area contributed by atoms with Gasteiger partial charge in [-0.1, -0.05) is 12.1 Å². The van der Waals surface area contributed by atoms with Crippen molar-refractivity contribution in [2.24, 2.45) is 5.73 Å². The molecule has 4 heteroatoms. The summed E-state index contributed by atoms with van der Waals surface area (Å²) >= 11 is 3.36. The molecular weight excluding hydrogens is 278 g/mol. The highest BCUT2D eigenvalue weighted by Gasteiger charge is 2.14. The van der Waals surface area contributed by atoms with Gasteiger partial charge in [-0.3, -0.25) is 0 Å². The Kier molecular flexibility index (Phi) is 2.76. The number of benzene rings is 1. The van der Waals surface area contributed by atoms with Crippen molar-refractivity contribution in [2.75, 3.05) is 0 Å². The van der Waals surface area contributed by atoms with Crippen molar-refractivity contribution in [3.63, 3.8) is 0 Å². The number of hydrogen-bond donors (Lipinski definition) is 2. The first kappa shape index (κ1) is 11.0. The third kappa shape index (κ3) is 1.91. The Hall–Kier alpha value is -1.13. The number of halogens is 1. The molecule has 1 aromatic carbocycles. The van der Waals surface area contributed by atoms with Crippen LogP contribution in [0.1, 0.15) is 23.2 Å². The molecule has 0 saturated heterocycles. The molecule has 0 saturated carbocycles. The number of nitrogens with two attached hydrogens (primary N) is 1. The van der Waals surface area contributed by atoms with E-state index in [0.29, 0.717) is 6.54 Å². The van der Waals surface area contributed by atoms with E-state index in [1.165, 1.54) is 30.4 Å². The van der Waals surface area contributed by atoms with E-state index >= 15 is 0 Å². The molecule has 0 fully saturated rings. The van der Waals surface area contributed by atoms with E-state index in [1.54, 1.807) is 0 Å². The summed E-state index contributed by atoms with van der Waals surface area (Å²) in [6, 6.07) is 6.62. The Morgan fingerprint density at radius 3 is 2.94 bits per heavy atom. The number of H-pyrrole nitrogens is 1. The number of rotatable bonds is 2. The molecule has 0 spiro atoms. The molecule has 1 aliphatic rings. The van der Waals surface area contributed by atoms with Crippen LogP contribution >= 0.6 is 15.9 Å². The minimum atomic E-state index is 0.477. The van der Waals surface area contributed by atoms with Crippen LogP contribution in [0.15, 0.2) is 22.9 Å². The van der Waals surface area contributed by atoms with Gasteiger partial charge in [0.2, 0.25) is 0 Å². The van der Waals surface area contributed by atoms with Crippen molar-refractivity contribution in [3.8, 4) is 11.3 Å². The van der Waals surface area contributed by atoms with Gasteiger partial charge < -0.3 is 10.7 Å². The third-order valence-corrected chi connectivity index (χ3v) is 3.70. The first-order chi connectivity index (χ1) is 8.28. The van der Waals surface area contributed by atoms with Gasteiger partial charge in [0.05, 0.1) is 11.4 Å². The fourth-order valence-electron chi connectivity index (χ4n) is 2.48. The number of aromatic nitrogens is 2. The summed E-state index contributed by atoms with van der Waals surface area (Å²) in [6.45, 7) is 0.477. The SMILES string of the molecule is NCc1[nH]c(Br)nc1-c1ccc2c(c1)CCC2. The van der Waals surface area contributed by atoms with E-state index < -0.39 is 0 Å². The summed E-state index contributed by atoms with van der Waals surface area (Å²) in [5.74, 6) is 0. The molecule has 3 rings (SSSR count). The molecule has 1 heterocycles. The predicted molar refractivity (Wildman–Crippen MR) is 71.6 cm³/mol. The lowest BCUT2D eigenvalue weighted by Crippen LogP contribution is -1.99. The normalized spacial score (nSPS) is 14.0. The predicted octanol–water partition coefficient (Wildman–Crippen LogP) is 2.79. The second-order valence-electron chi connectivity index (χ2n) is 4.40. The van der Waals surface area contributed by atoms with Crippen LogP contribution in [-0.2, 0) is 19.4 Å². The quantitative estimate of drug-likeness (QED) is 0.894. The summed E-state index contributed by atoms with van der Waals surface area (Å²) in [7, 11) is 0. The molecule has 0 amide bonds. The summed E-state index contributed by atoms with van der Waals surface area (Å²) < 4.78 is 0.744. The highest BCUT2D eigenvalue weighted by atomic mass is 79.9. The van der Waals surface area contributed by atoms with Crippen LogP contribution in [0.4, 0.5) is 0 Å². The second-order valence-corrected chi connectivity index (χ2v) is 5.15. The highest BCUT2D eigenvalue weighted by Crippen LogP contribution is 2.29. The van der Waals surface area contributed by atoms with Gasteiger partial charge >= 0.3 is 0 Å². The minimum Gasteiger partial charge on any atom is -0.335 e. The van der Waals surface area contributed by atoms with Crippen molar-refractivity contribution in [1.82, 2.24) is 9.97 Å². The standard InChI is InChI=1S/C13H14BrN3/c14-13-16-11(7-15)12(17-13)10-5-4-8-2-1-3-9(8)6-10/h4-6H,1-3,7,15H2,(H,16,17). The van der Waals surface area contributed by atoms with Crippen LogP contribution in [-0.4, -0.2) is 9.97 Å². The van der Waals surface area contributed by atoms with Crippen molar-refractivity contribution in [3.05, 3.63) is 39.8 Å². The van der Waals surface area contributed by atoms with Gasteiger partial charge in [0.25, 0.3) is 0 Å². The molecule has 0 aliphatic heterocycles. The molecule has 1 aromatic heterocycles. The Bertz CT molecular complexity index is 560. The lowest BCUT2D eigenvalue weighted by atomic mass is 10.0. The van der Waals surface area contributed by atoms with Gasteiger partial charge in [0.1, 0.15) is 0 Å².